The lowest BCUT2D eigenvalue weighted by Gasteiger charge is -2.13. The van der Waals surface area contributed by atoms with Crippen molar-refractivity contribution in [2.45, 2.75) is 6.54 Å². The van der Waals surface area contributed by atoms with Crippen LogP contribution in [0.25, 0.3) is 10.8 Å². The highest BCUT2D eigenvalue weighted by Gasteiger charge is 2.02. The third-order valence-electron chi connectivity index (χ3n) is 3.79. The van der Waals surface area contributed by atoms with Gasteiger partial charge in [-0.05, 0) is 23.6 Å². The molecule has 1 heterocycles. The first-order chi connectivity index (χ1) is 12.4. The number of hydrogen-bond acceptors (Lipinski definition) is 3. The van der Waals surface area contributed by atoms with Crippen molar-refractivity contribution in [3.05, 3.63) is 72.6 Å². The summed E-state index contributed by atoms with van der Waals surface area (Å²) in [7, 11) is 1.75. The van der Waals surface area contributed by atoms with Crippen LogP contribution in [-0.2, 0) is 6.54 Å². The smallest absolute Gasteiger partial charge is 0.191 e. The van der Waals surface area contributed by atoms with Gasteiger partial charge in [0.2, 0.25) is 0 Å². The van der Waals surface area contributed by atoms with Crippen LogP contribution in [0.3, 0.4) is 0 Å². The van der Waals surface area contributed by atoms with E-state index in [9.17, 15) is 0 Å². The largest absolute Gasteiger partial charge is 0.491 e. The van der Waals surface area contributed by atoms with Crippen molar-refractivity contribution in [3.63, 3.8) is 0 Å². The van der Waals surface area contributed by atoms with Gasteiger partial charge < -0.3 is 15.4 Å². The van der Waals surface area contributed by atoms with Gasteiger partial charge in [0.1, 0.15) is 12.4 Å². The lowest BCUT2D eigenvalue weighted by Crippen LogP contribution is -2.39. The number of fused-ring (bicyclic) bond motifs is 1. The predicted molar refractivity (Wildman–Crippen MR) is 102 cm³/mol. The second kappa shape index (κ2) is 8.68. The zero-order chi connectivity index (χ0) is 17.3. The molecule has 3 aromatic rings. The molecule has 0 fully saturated rings. The van der Waals surface area contributed by atoms with Gasteiger partial charge in [0.05, 0.1) is 18.8 Å². The average Bonchev–Trinajstić information content (AvgIpc) is 2.68. The summed E-state index contributed by atoms with van der Waals surface area (Å²) >= 11 is 0. The third kappa shape index (κ3) is 4.70. The first kappa shape index (κ1) is 16.8. The van der Waals surface area contributed by atoms with Gasteiger partial charge in [-0.3, -0.25) is 9.98 Å². The highest BCUT2D eigenvalue weighted by Crippen LogP contribution is 2.24. The molecule has 0 amide bonds. The molecule has 0 unspecified atom stereocenters. The molecular weight excluding hydrogens is 312 g/mol. The van der Waals surface area contributed by atoms with Gasteiger partial charge in [-0.2, -0.15) is 0 Å². The molecule has 0 saturated carbocycles. The summed E-state index contributed by atoms with van der Waals surface area (Å²) in [5.41, 5.74) is 0.970. The van der Waals surface area contributed by atoms with Crippen LogP contribution >= 0.6 is 0 Å². The maximum atomic E-state index is 5.92. The Morgan fingerprint density at radius 1 is 1.00 bits per heavy atom. The Hall–Kier alpha value is -3.08. The van der Waals surface area contributed by atoms with E-state index in [1.807, 2.05) is 42.5 Å². The van der Waals surface area contributed by atoms with Crippen molar-refractivity contribution in [2.24, 2.45) is 4.99 Å². The van der Waals surface area contributed by atoms with E-state index in [1.165, 1.54) is 5.39 Å². The normalized spacial score (nSPS) is 11.3. The molecule has 0 bridgehead atoms. The van der Waals surface area contributed by atoms with Gasteiger partial charge in [0, 0.05) is 18.6 Å². The summed E-state index contributed by atoms with van der Waals surface area (Å²) in [5, 5.41) is 8.79. The van der Waals surface area contributed by atoms with Crippen LogP contribution in [0.5, 0.6) is 5.75 Å². The van der Waals surface area contributed by atoms with Crippen molar-refractivity contribution in [1.82, 2.24) is 15.6 Å². The quantitative estimate of drug-likeness (QED) is 0.413. The number of benzene rings is 2. The Kier molecular flexibility index (Phi) is 5.82. The van der Waals surface area contributed by atoms with E-state index in [0.717, 1.165) is 22.8 Å². The minimum absolute atomic E-state index is 0.554. The van der Waals surface area contributed by atoms with Gasteiger partial charge in [-0.25, -0.2) is 0 Å². The van der Waals surface area contributed by atoms with E-state index in [2.05, 4.69) is 38.8 Å². The summed E-state index contributed by atoms with van der Waals surface area (Å²) in [6.07, 6.45) is 1.78. The zero-order valence-corrected chi connectivity index (χ0v) is 14.3. The van der Waals surface area contributed by atoms with Crippen molar-refractivity contribution in [1.29, 1.82) is 0 Å². The molecule has 2 N–H and O–H groups in total. The number of pyridine rings is 1. The van der Waals surface area contributed by atoms with Crippen LogP contribution < -0.4 is 15.4 Å². The summed E-state index contributed by atoms with van der Waals surface area (Å²) in [6.45, 7) is 1.84. The second-order valence-corrected chi connectivity index (χ2v) is 5.50. The van der Waals surface area contributed by atoms with Crippen LogP contribution in [0.1, 0.15) is 5.69 Å². The number of nitrogens with zero attached hydrogens (tertiary/aromatic N) is 2. The minimum Gasteiger partial charge on any atom is -0.491 e. The first-order valence-electron chi connectivity index (χ1n) is 8.32. The van der Waals surface area contributed by atoms with Crippen LogP contribution in [-0.4, -0.2) is 31.1 Å². The van der Waals surface area contributed by atoms with Crippen LogP contribution in [0.15, 0.2) is 71.9 Å². The molecule has 0 spiro atoms. The van der Waals surface area contributed by atoms with Gasteiger partial charge in [0.25, 0.3) is 0 Å². The van der Waals surface area contributed by atoms with Gasteiger partial charge >= 0.3 is 0 Å². The molecule has 2 aromatic carbocycles. The Bertz CT molecular complexity index is 828. The van der Waals surface area contributed by atoms with E-state index in [1.54, 1.807) is 13.2 Å². The van der Waals surface area contributed by atoms with Crippen molar-refractivity contribution < 1.29 is 4.74 Å². The van der Waals surface area contributed by atoms with Crippen LogP contribution in [0, 0.1) is 0 Å². The number of aliphatic imine (C=N–C) groups is 1. The maximum Gasteiger partial charge on any atom is 0.191 e. The van der Waals surface area contributed by atoms with Crippen molar-refractivity contribution >= 4 is 16.7 Å². The molecule has 0 atom stereocenters. The average molecular weight is 334 g/mol. The topological polar surface area (TPSA) is 58.5 Å². The Labute approximate surface area is 147 Å². The first-order valence-corrected chi connectivity index (χ1v) is 8.32. The minimum atomic E-state index is 0.554. The maximum absolute atomic E-state index is 5.92. The van der Waals surface area contributed by atoms with E-state index < -0.39 is 0 Å². The van der Waals surface area contributed by atoms with Crippen molar-refractivity contribution in [3.8, 4) is 5.75 Å². The number of hydrogen-bond donors (Lipinski definition) is 2. The lowest BCUT2D eigenvalue weighted by atomic mass is 10.1. The van der Waals surface area contributed by atoms with Gasteiger partial charge in [-0.15, -0.1) is 0 Å². The molecular formula is C20H22N4O. The fourth-order valence-corrected chi connectivity index (χ4v) is 2.55. The third-order valence-corrected chi connectivity index (χ3v) is 3.79. The number of ether oxygens (including phenoxy) is 1. The molecule has 0 saturated heterocycles. The van der Waals surface area contributed by atoms with E-state index in [-0.39, 0.29) is 0 Å². The Morgan fingerprint density at radius 2 is 1.84 bits per heavy atom. The molecule has 0 aliphatic carbocycles. The highest BCUT2D eigenvalue weighted by atomic mass is 16.5. The fourth-order valence-electron chi connectivity index (χ4n) is 2.55. The molecule has 1 aromatic heterocycles. The van der Waals surface area contributed by atoms with Crippen LogP contribution in [0.2, 0.25) is 0 Å². The number of aromatic nitrogens is 1. The molecule has 25 heavy (non-hydrogen) atoms. The lowest BCUT2D eigenvalue weighted by molar-refractivity contribution is 0.325. The standard InChI is InChI=1S/C20H22N4O/c1-21-20(24-15-17-9-4-5-12-22-17)23-13-14-25-19-11-6-8-16-7-2-3-10-18(16)19/h2-12H,13-15H2,1H3,(H2,21,23,24). The summed E-state index contributed by atoms with van der Waals surface area (Å²) < 4.78 is 5.92. The Morgan fingerprint density at radius 3 is 2.68 bits per heavy atom. The molecule has 5 nitrogen and oxygen atoms in total. The molecule has 3 rings (SSSR count). The van der Waals surface area contributed by atoms with E-state index >= 15 is 0 Å². The molecule has 0 radical (unpaired) electrons. The zero-order valence-electron chi connectivity index (χ0n) is 14.3. The second-order valence-electron chi connectivity index (χ2n) is 5.50. The molecule has 0 aliphatic heterocycles. The van der Waals surface area contributed by atoms with Gasteiger partial charge in [-0.1, -0.05) is 42.5 Å². The number of guanidine groups is 1. The Balaban J connectivity index is 1.47. The number of nitrogens with one attached hydrogen (secondary N) is 2. The number of rotatable bonds is 6. The van der Waals surface area contributed by atoms with E-state index in [4.69, 9.17) is 4.74 Å². The molecule has 0 aliphatic rings. The molecule has 5 heteroatoms. The monoisotopic (exact) mass is 334 g/mol. The summed E-state index contributed by atoms with van der Waals surface area (Å²) in [6, 6.07) is 20.2. The van der Waals surface area contributed by atoms with Gasteiger partial charge in [0.15, 0.2) is 5.96 Å². The fraction of sp³-hybridized carbons (Fsp3) is 0.200. The van der Waals surface area contributed by atoms with E-state index in [0.29, 0.717) is 19.7 Å². The summed E-state index contributed by atoms with van der Waals surface area (Å²) in [4.78, 5) is 8.49. The summed E-state index contributed by atoms with van der Waals surface area (Å²) in [5.74, 6) is 1.63. The predicted octanol–water partition coefficient (Wildman–Crippen LogP) is 2.98. The van der Waals surface area contributed by atoms with Crippen molar-refractivity contribution in [2.75, 3.05) is 20.2 Å². The molecule has 128 valence electrons. The highest BCUT2D eigenvalue weighted by molar-refractivity contribution is 5.88. The van der Waals surface area contributed by atoms with Crippen LogP contribution in [0.4, 0.5) is 0 Å². The SMILES string of the molecule is CN=C(NCCOc1cccc2ccccc12)NCc1ccccn1.